The molecular weight excluding hydrogens is 456 g/mol. The third kappa shape index (κ3) is 5.84. The van der Waals surface area contributed by atoms with Crippen LogP contribution in [-0.4, -0.2) is 31.1 Å². The van der Waals surface area contributed by atoms with E-state index in [1.807, 2.05) is 0 Å². The second-order valence-electron chi connectivity index (χ2n) is 6.36. The van der Waals surface area contributed by atoms with Crippen molar-refractivity contribution in [2.75, 3.05) is 13.3 Å². The van der Waals surface area contributed by atoms with Gasteiger partial charge in [-0.1, -0.05) is 22.0 Å². The van der Waals surface area contributed by atoms with Crippen molar-refractivity contribution in [3.05, 3.63) is 63.8 Å². The summed E-state index contributed by atoms with van der Waals surface area (Å²) < 4.78 is 11.4. The molecule has 0 saturated heterocycles. The molecule has 2 amide bonds. The van der Waals surface area contributed by atoms with Crippen LogP contribution in [0.4, 0.5) is 0 Å². The van der Waals surface area contributed by atoms with Crippen molar-refractivity contribution in [2.45, 2.75) is 12.8 Å². The molecule has 8 nitrogen and oxygen atoms in total. The molecule has 0 unspecified atom stereocenters. The summed E-state index contributed by atoms with van der Waals surface area (Å²) in [5.74, 6) is -1.06. The van der Waals surface area contributed by atoms with Gasteiger partial charge in [0.15, 0.2) is 11.5 Å². The van der Waals surface area contributed by atoms with Crippen molar-refractivity contribution in [2.24, 2.45) is 0 Å². The van der Waals surface area contributed by atoms with Crippen LogP contribution in [-0.2, 0) is 9.59 Å². The lowest BCUT2D eigenvalue weighted by Gasteiger charge is -2.12. The van der Waals surface area contributed by atoms with Gasteiger partial charge in [-0.2, -0.15) is 0 Å². The first kappa shape index (κ1) is 21.4. The Morgan fingerprint density at radius 1 is 1.07 bits per heavy atom. The number of rotatable bonds is 8. The van der Waals surface area contributed by atoms with E-state index < -0.39 is 17.8 Å². The van der Waals surface area contributed by atoms with Crippen molar-refractivity contribution >= 4 is 39.8 Å². The van der Waals surface area contributed by atoms with Crippen LogP contribution in [0.3, 0.4) is 0 Å². The van der Waals surface area contributed by atoms with Gasteiger partial charge in [0.2, 0.25) is 6.79 Å². The third-order valence-corrected chi connectivity index (χ3v) is 4.68. The first-order valence-corrected chi connectivity index (χ1v) is 9.88. The number of carboxylic acids is 1. The third-order valence-electron chi connectivity index (χ3n) is 4.15. The van der Waals surface area contributed by atoms with E-state index in [9.17, 15) is 19.5 Å². The van der Waals surface area contributed by atoms with Crippen LogP contribution in [0.2, 0.25) is 0 Å². The number of ether oxygens (including phenoxy) is 2. The number of halogens is 1. The first-order valence-electron chi connectivity index (χ1n) is 9.08. The van der Waals surface area contributed by atoms with Gasteiger partial charge < -0.3 is 30.0 Å². The molecule has 2 aromatic rings. The molecule has 156 valence electrons. The predicted molar refractivity (Wildman–Crippen MR) is 109 cm³/mol. The molecule has 0 aromatic heterocycles. The largest absolute Gasteiger partial charge is 0.550 e. The molecule has 0 aliphatic carbocycles. The molecule has 3 rings (SSSR count). The van der Waals surface area contributed by atoms with E-state index in [2.05, 4.69) is 26.6 Å². The number of carbonyl (C=O) groups excluding carboxylic acids is 3. The quantitative estimate of drug-likeness (QED) is 0.444. The summed E-state index contributed by atoms with van der Waals surface area (Å²) in [6.07, 6.45) is 1.55. The molecule has 2 N–H and O–H groups in total. The van der Waals surface area contributed by atoms with Gasteiger partial charge >= 0.3 is 0 Å². The Kier molecular flexibility index (Phi) is 7.08. The fourth-order valence-electron chi connectivity index (χ4n) is 2.65. The lowest BCUT2D eigenvalue weighted by molar-refractivity contribution is -0.305. The van der Waals surface area contributed by atoms with E-state index in [1.54, 1.807) is 42.5 Å². The SMILES string of the molecule is O=C([O-])CCCNC(=O)/C(=C\c1ccc2c(c1)OCO2)NC(=O)c1ccc(Br)cc1. The number of benzene rings is 2. The molecule has 0 atom stereocenters. The van der Waals surface area contributed by atoms with Crippen molar-refractivity contribution in [3.8, 4) is 11.5 Å². The summed E-state index contributed by atoms with van der Waals surface area (Å²) >= 11 is 3.31. The highest BCUT2D eigenvalue weighted by molar-refractivity contribution is 9.10. The number of amides is 2. The first-order chi connectivity index (χ1) is 14.4. The van der Waals surface area contributed by atoms with E-state index in [0.29, 0.717) is 22.6 Å². The molecule has 1 aliphatic heterocycles. The van der Waals surface area contributed by atoms with Crippen LogP contribution in [0.5, 0.6) is 11.5 Å². The summed E-state index contributed by atoms with van der Waals surface area (Å²) in [5, 5.41) is 15.7. The average molecular weight is 474 g/mol. The number of nitrogens with one attached hydrogen (secondary N) is 2. The van der Waals surface area contributed by atoms with E-state index in [1.165, 1.54) is 6.08 Å². The highest BCUT2D eigenvalue weighted by Crippen LogP contribution is 2.33. The highest BCUT2D eigenvalue weighted by atomic mass is 79.9. The highest BCUT2D eigenvalue weighted by Gasteiger charge is 2.17. The average Bonchev–Trinajstić information content (AvgIpc) is 3.18. The number of hydrogen-bond donors (Lipinski definition) is 2. The maximum Gasteiger partial charge on any atom is 0.267 e. The van der Waals surface area contributed by atoms with E-state index in [-0.39, 0.29) is 31.9 Å². The monoisotopic (exact) mass is 473 g/mol. The number of aliphatic carboxylic acids is 1. The van der Waals surface area contributed by atoms with Crippen LogP contribution >= 0.6 is 15.9 Å². The summed E-state index contributed by atoms with van der Waals surface area (Å²) in [4.78, 5) is 35.7. The molecule has 30 heavy (non-hydrogen) atoms. The summed E-state index contributed by atoms with van der Waals surface area (Å²) in [6, 6.07) is 11.8. The maximum absolute atomic E-state index is 12.6. The van der Waals surface area contributed by atoms with Gasteiger partial charge in [0.1, 0.15) is 5.70 Å². The van der Waals surface area contributed by atoms with Gasteiger partial charge in [-0.25, -0.2) is 0 Å². The lowest BCUT2D eigenvalue weighted by atomic mass is 10.1. The van der Waals surface area contributed by atoms with Gasteiger partial charge in [0.05, 0.1) is 0 Å². The lowest BCUT2D eigenvalue weighted by Crippen LogP contribution is -2.35. The smallest absolute Gasteiger partial charge is 0.267 e. The second-order valence-corrected chi connectivity index (χ2v) is 7.28. The molecule has 1 heterocycles. The topological polar surface area (TPSA) is 117 Å². The molecule has 2 aromatic carbocycles. The van der Waals surface area contributed by atoms with Gasteiger partial charge in [-0.05, 0) is 60.9 Å². The zero-order valence-electron chi connectivity index (χ0n) is 15.8. The number of carbonyl (C=O) groups is 3. The predicted octanol–water partition coefficient (Wildman–Crippen LogP) is 1.59. The Hall–Kier alpha value is -3.33. The Morgan fingerprint density at radius 2 is 1.80 bits per heavy atom. The Balaban J connectivity index is 1.78. The van der Waals surface area contributed by atoms with Crippen molar-refractivity contribution in [3.63, 3.8) is 0 Å². The molecule has 0 radical (unpaired) electrons. The fraction of sp³-hybridized carbons (Fsp3) is 0.190. The van der Waals surface area contributed by atoms with Crippen LogP contribution in [0.15, 0.2) is 52.6 Å². The van der Waals surface area contributed by atoms with Crippen LogP contribution < -0.4 is 25.2 Å². The summed E-state index contributed by atoms with van der Waals surface area (Å²) in [7, 11) is 0. The van der Waals surface area contributed by atoms with Crippen LogP contribution in [0.1, 0.15) is 28.8 Å². The summed E-state index contributed by atoms with van der Waals surface area (Å²) in [5.41, 5.74) is 1.00. The normalized spacial score (nSPS) is 12.4. The molecule has 0 saturated carbocycles. The Bertz CT molecular complexity index is 987. The standard InChI is InChI=1S/C21H19BrN2O6/c22-15-6-4-14(5-7-15)20(27)24-16(21(28)23-9-1-2-19(25)26)10-13-3-8-17-18(11-13)30-12-29-17/h3-8,10-11H,1-2,9,12H2,(H,23,28)(H,24,27)(H,25,26)/p-1/b16-10+. The number of fused-ring (bicyclic) bond motifs is 1. The molecule has 0 bridgehead atoms. The maximum atomic E-state index is 12.6. The van der Waals surface area contributed by atoms with Gasteiger partial charge in [-0.3, -0.25) is 9.59 Å². The molecule has 9 heteroatoms. The van der Waals surface area contributed by atoms with E-state index in [0.717, 1.165) is 4.47 Å². The number of carboxylic acid groups (broad SMARTS) is 1. The van der Waals surface area contributed by atoms with Crippen molar-refractivity contribution in [1.82, 2.24) is 10.6 Å². The minimum Gasteiger partial charge on any atom is -0.550 e. The minimum absolute atomic E-state index is 0.00948. The van der Waals surface area contributed by atoms with E-state index in [4.69, 9.17) is 9.47 Å². The molecular formula is C21H18BrN2O6-. The van der Waals surface area contributed by atoms with E-state index >= 15 is 0 Å². The Labute approximate surface area is 181 Å². The van der Waals surface area contributed by atoms with Gasteiger partial charge in [0, 0.05) is 22.6 Å². The molecule has 0 spiro atoms. The second kappa shape index (κ2) is 9.93. The molecule has 1 aliphatic rings. The number of hydrogen-bond acceptors (Lipinski definition) is 6. The Morgan fingerprint density at radius 3 is 2.53 bits per heavy atom. The van der Waals surface area contributed by atoms with Gasteiger partial charge in [0.25, 0.3) is 11.8 Å². The van der Waals surface area contributed by atoms with Crippen molar-refractivity contribution in [1.29, 1.82) is 0 Å². The minimum atomic E-state index is -1.19. The van der Waals surface area contributed by atoms with Crippen LogP contribution in [0, 0.1) is 0 Å². The van der Waals surface area contributed by atoms with Gasteiger partial charge in [-0.15, -0.1) is 0 Å². The fourth-order valence-corrected chi connectivity index (χ4v) is 2.92. The zero-order chi connectivity index (χ0) is 21.5. The van der Waals surface area contributed by atoms with Crippen molar-refractivity contribution < 1.29 is 29.0 Å². The zero-order valence-corrected chi connectivity index (χ0v) is 17.4. The summed E-state index contributed by atoms with van der Waals surface area (Å²) in [6.45, 7) is 0.244. The molecule has 0 fully saturated rings. The van der Waals surface area contributed by atoms with Crippen LogP contribution in [0.25, 0.3) is 6.08 Å².